The van der Waals surface area contributed by atoms with Gasteiger partial charge in [-0.25, -0.2) is 4.98 Å². The molecule has 5 rings (SSSR count). The molecule has 0 saturated heterocycles. The average Bonchev–Trinajstić information content (AvgIpc) is 3.25. The summed E-state index contributed by atoms with van der Waals surface area (Å²) in [6.45, 7) is 2.10. The minimum Gasteiger partial charge on any atom is -0.435 e. The minimum atomic E-state index is 0.596. The van der Waals surface area contributed by atoms with Gasteiger partial charge in [0.05, 0.1) is 0 Å². The van der Waals surface area contributed by atoms with Crippen molar-refractivity contribution in [1.29, 1.82) is 0 Å². The fraction of sp³-hybridized carbons (Fsp3) is 0.0357. The molecule has 0 aliphatic carbocycles. The van der Waals surface area contributed by atoms with E-state index in [0.29, 0.717) is 5.89 Å². The van der Waals surface area contributed by atoms with Gasteiger partial charge in [-0.2, -0.15) is 0 Å². The zero-order chi connectivity index (χ0) is 21.2. The normalized spacial score (nSPS) is 10.9. The summed E-state index contributed by atoms with van der Waals surface area (Å²) in [5, 5.41) is 0. The topological polar surface area (TPSA) is 52.0 Å². The van der Waals surface area contributed by atoms with E-state index < -0.39 is 0 Å². The predicted octanol–water partition coefficient (Wildman–Crippen LogP) is 7.23. The molecule has 0 fully saturated rings. The Morgan fingerprint density at radius 3 is 2.03 bits per heavy atom. The van der Waals surface area contributed by atoms with Crippen LogP contribution >= 0.6 is 0 Å². The number of benzene rings is 4. The lowest BCUT2D eigenvalue weighted by molar-refractivity contribution is 0.589. The van der Waals surface area contributed by atoms with Crippen LogP contribution in [0.4, 0.5) is 5.69 Å². The SMILES string of the molecule is Cc1cccc(-c2nc(-c3ccccc3)c(-c3ccccc3)o2)c1-c1cccc(N)c1. The molecule has 2 N–H and O–H groups in total. The highest BCUT2D eigenvalue weighted by Gasteiger charge is 2.21. The minimum absolute atomic E-state index is 0.596. The highest BCUT2D eigenvalue weighted by atomic mass is 16.4. The molecule has 3 nitrogen and oxygen atoms in total. The standard InChI is InChI=1S/C28H22N2O/c1-19-10-8-17-24(25(19)22-15-9-16-23(29)18-22)28-30-26(20-11-4-2-5-12-20)27(31-28)21-13-6-3-7-14-21/h2-18H,29H2,1H3. The second-order valence-electron chi connectivity index (χ2n) is 7.55. The molecule has 1 heterocycles. The molecule has 0 amide bonds. The molecule has 0 spiro atoms. The third-order valence-electron chi connectivity index (χ3n) is 5.39. The van der Waals surface area contributed by atoms with Crippen molar-refractivity contribution in [2.24, 2.45) is 0 Å². The van der Waals surface area contributed by atoms with Crippen molar-refractivity contribution in [2.75, 3.05) is 5.73 Å². The Hall–Kier alpha value is -4.11. The second kappa shape index (κ2) is 7.96. The molecule has 1 aromatic heterocycles. The molecular weight excluding hydrogens is 380 g/mol. The lowest BCUT2D eigenvalue weighted by Gasteiger charge is -2.11. The summed E-state index contributed by atoms with van der Waals surface area (Å²) >= 11 is 0. The molecule has 0 bridgehead atoms. The molecule has 3 heteroatoms. The van der Waals surface area contributed by atoms with Crippen molar-refractivity contribution >= 4 is 5.69 Å². The Labute approximate surface area is 181 Å². The first-order chi connectivity index (χ1) is 15.2. The van der Waals surface area contributed by atoms with Gasteiger partial charge in [-0.1, -0.05) is 84.9 Å². The number of nitrogens with two attached hydrogens (primary N) is 1. The molecule has 0 saturated carbocycles. The monoisotopic (exact) mass is 402 g/mol. The van der Waals surface area contributed by atoms with Gasteiger partial charge in [0.25, 0.3) is 0 Å². The maximum absolute atomic E-state index is 6.45. The highest BCUT2D eigenvalue weighted by Crippen LogP contribution is 2.40. The number of nitrogens with zero attached hydrogens (tertiary/aromatic N) is 1. The van der Waals surface area contributed by atoms with E-state index in [1.165, 1.54) is 0 Å². The largest absolute Gasteiger partial charge is 0.435 e. The van der Waals surface area contributed by atoms with Crippen LogP contribution in [0.15, 0.2) is 108 Å². The van der Waals surface area contributed by atoms with Gasteiger partial charge in [0.1, 0.15) is 5.69 Å². The fourth-order valence-corrected chi connectivity index (χ4v) is 3.94. The quantitative estimate of drug-likeness (QED) is 0.323. The molecule has 0 unspecified atom stereocenters. The van der Waals surface area contributed by atoms with Gasteiger partial charge in [0.15, 0.2) is 5.76 Å². The van der Waals surface area contributed by atoms with Crippen molar-refractivity contribution in [3.05, 3.63) is 109 Å². The Morgan fingerprint density at radius 2 is 1.32 bits per heavy atom. The number of anilines is 1. The van der Waals surface area contributed by atoms with Crippen LogP contribution in [0.2, 0.25) is 0 Å². The van der Waals surface area contributed by atoms with Crippen molar-refractivity contribution in [3.63, 3.8) is 0 Å². The molecule has 0 atom stereocenters. The Bertz CT molecular complexity index is 1280. The van der Waals surface area contributed by atoms with E-state index >= 15 is 0 Å². The molecule has 150 valence electrons. The third kappa shape index (κ3) is 3.62. The Morgan fingerprint density at radius 1 is 0.677 bits per heavy atom. The predicted molar refractivity (Wildman–Crippen MR) is 127 cm³/mol. The van der Waals surface area contributed by atoms with Gasteiger partial charge in [-0.3, -0.25) is 0 Å². The Kier molecular flexibility index (Phi) is 4.85. The number of hydrogen-bond acceptors (Lipinski definition) is 3. The van der Waals surface area contributed by atoms with Gasteiger partial charge in [0, 0.05) is 22.4 Å². The molecule has 4 aromatic carbocycles. The molecule has 31 heavy (non-hydrogen) atoms. The summed E-state index contributed by atoms with van der Waals surface area (Å²) in [4.78, 5) is 4.98. The van der Waals surface area contributed by atoms with Crippen LogP contribution in [0.5, 0.6) is 0 Å². The number of rotatable bonds is 4. The first-order valence-electron chi connectivity index (χ1n) is 10.3. The number of hydrogen-bond donors (Lipinski definition) is 1. The smallest absolute Gasteiger partial charge is 0.228 e. The van der Waals surface area contributed by atoms with Crippen LogP contribution in [-0.2, 0) is 0 Å². The van der Waals surface area contributed by atoms with Gasteiger partial charge in [0.2, 0.25) is 5.89 Å². The summed E-state index contributed by atoms with van der Waals surface area (Å²) in [7, 11) is 0. The van der Waals surface area contributed by atoms with Crippen LogP contribution < -0.4 is 5.73 Å². The summed E-state index contributed by atoms with van der Waals surface area (Å²) < 4.78 is 6.45. The highest BCUT2D eigenvalue weighted by molar-refractivity contribution is 5.86. The summed E-state index contributed by atoms with van der Waals surface area (Å²) in [6.07, 6.45) is 0. The van der Waals surface area contributed by atoms with Gasteiger partial charge in [-0.15, -0.1) is 0 Å². The van der Waals surface area contributed by atoms with E-state index in [2.05, 4.69) is 37.3 Å². The van der Waals surface area contributed by atoms with Crippen LogP contribution in [0.3, 0.4) is 0 Å². The second-order valence-corrected chi connectivity index (χ2v) is 7.55. The van der Waals surface area contributed by atoms with Crippen LogP contribution in [-0.4, -0.2) is 4.98 Å². The van der Waals surface area contributed by atoms with Crippen LogP contribution in [0.25, 0.3) is 45.2 Å². The third-order valence-corrected chi connectivity index (χ3v) is 5.39. The Balaban J connectivity index is 1.75. The zero-order valence-electron chi connectivity index (χ0n) is 17.2. The number of oxazole rings is 1. The van der Waals surface area contributed by atoms with E-state index in [9.17, 15) is 0 Å². The van der Waals surface area contributed by atoms with Gasteiger partial charge >= 0.3 is 0 Å². The number of aryl methyl sites for hydroxylation is 1. The first kappa shape index (κ1) is 18.9. The molecular formula is C28H22N2O. The van der Waals surface area contributed by atoms with E-state index in [4.69, 9.17) is 15.1 Å². The maximum Gasteiger partial charge on any atom is 0.228 e. The molecule has 0 aliphatic rings. The van der Waals surface area contributed by atoms with E-state index in [-0.39, 0.29) is 0 Å². The van der Waals surface area contributed by atoms with E-state index in [1.807, 2.05) is 72.8 Å². The van der Waals surface area contributed by atoms with Crippen molar-refractivity contribution in [3.8, 4) is 45.2 Å². The van der Waals surface area contributed by atoms with Crippen LogP contribution in [0, 0.1) is 6.92 Å². The molecule has 0 aliphatic heterocycles. The van der Waals surface area contributed by atoms with Gasteiger partial charge in [-0.05, 0) is 41.8 Å². The van der Waals surface area contributed by atoms with E-state index in [1.54, 1.807) is 0 Å². The average molecular weight is 402 g/mol. The van der Waals surface area contributed by atoms with Crippen molar-refractivity contribution < 1.29 is 4.42 Å². The van der Waals surface area contributed by atoms with Crippen molar-refractivity contribution in [1.82, 2.24) is 4.98 Å². The lowest BCUT2D eigenvalue weighted by atomic mass is 9.94. The summed E-state index contributed by atoms with van der Waals surface area (Å²) in [5.74, 6) is 1.36. The summed E-state index contributed by atoms with van der Waals surface area (Å²) in [6, 6.07) is 34.4. The zero-order valence-corrected chi connectivity index (χ0v) is 17.2. The molecule has 5 aromatic rings. The summed E-state index contributed by atoms with van der Waals surface area (Å²) in [5.41, 5.74) is 13.9. The van der Waals surface area contributed by atoms with Gasteiger partial charge < -0.3 is 10.2 Å². The van der Waals surface area contributed by atoms with Crippen molar-refractivity contribution in [2.45, 2.75) is 6.92 Å². The lowest BCUT2D eigenvalue weighted by Crippen LogP contribution is -1.91. The fourth-order valence-electron chi connectivity index (χ4n) is 3.94. The van der Waals surface area contributed by atoms with E-state index in [0.717, 1.165) is 50.5 Å². The number of nitrogen functional groups attached to an aromatic ring is 1. The maximum atomic E-state index is 6.45. The van der Waals surface area contributed by atoms with Crippen LogP contribution in [0.1, 0.15) is 5.56 Å². The first-order valence-corrected chi connectivity index (χ1v) is 10.3. The molecule has 0 radical (unpaired) electrons. The number of aromatic nitrogens is 1.